The van der Waals surface area contributed by atoms with Crippen LogP contribution in [0.1, 0.15) is 24.4 Å². The molecule has 6 heteroatoms. The summed E-state index contributed by atoms with van der Waals surface area (Å²) in [5.41, 5.74) is 0.850. The third-order valence-electron chi connectivity index (χ3n) is 4.57. The molecule has 1 aliphatic carbocycles. The van der Waals surface area contributed by atoms with Gasteiger partial charge in [-0.2, -0.15) is 0 Å². The predicted octanol–water partition coefficient (Wildman–Crippen LogP) is 2.56. The van der Waals surface area contributed by atoms with Gasteiger partial charge in [-0.15, -0.1) is 6.58 Å². The monoisotopic (exact) mass is 343 g/mol. The maximum atomic E-state index is 12.7. The normalized spacial score (nSPS) is 20.0. The average Bonchev–Trinajstić information content (AvgIpc) is 3.44. The number of aliphatic hydroxyl groups excluding tert-OH is 1. The van der Waals surface area contributed by atoms with Crippen molar-refractivity contribution in [2.75, 3.05) is 20.8 Å². The molecule has 1 aromatic carbocycles. The van der Waals surface area contributed by atoms with E-state index in [9.17, 15) is 14.7 Å². The summed E-state index contributed by atoms with van der Waals surface area (Å²) in [5, 5.41) is 10.3. The number of ketones is 1. The van der Waals surface area contributed by atoms with E-state index in [1.165, 1.54) is 19.1 Å². The van der Waals surface area contributed by atoms with E-state index in [1.54, 1.807) is 24.3 Å². The largest absolute Gasteiger partial charge is 0.503 e. The zero-order chi connectivity index (χ0) is 18.1. The lowest BCUT2D eigenvalue weighted by molar-refractivity contribution is -0.128. The van der Waals surface area contributed by atoms with Gasteiger partial charge in [0.15, 0.2) is 23.0 Å². The maximum absolute atomic E-state index is 12.7. The zero-order valence-corrected chi connectivity index (χ0v) is 14.3. The molecule has 132 valence electrons. The van der Waals surface area contributed by atoms with Crippen LogP contribution in [0.4, 0.5) is 0 Å². The number of carbonyl (C=O) groups excluding carboxylic acids is 2. The lowest BCUT2D eigenvalue weighted by atomic mass is 9.94. The summed E-state index contributed by atoms with van der Waals surface area (Å²) in [7, 11) is 3.06. The number of ether oxygens (including phenoxy) is 2. The summed E-state index contributed by atoms with van der Waals surface area (Å²) in [4.78, 5) is 26.6. The Morgan fingerprint density at radius 2 is 2.00 bits per heavy atom. The van der Waals surface area contributed by atoms with Crippen molar-refractivity contribution in [2.45, 2.75) is 18.9 Å². The Bertz CT molecular complexity index is 763. The molecule has 0 bridgehead atoms. The highest BCUT2D eigenvalue weighted by molar-refractivity contribution is 6.10. The van der Waals surface area contributed by atoms with E-state index in [-0.39, 0.29) is 23.8 Å². The summed E-state index contributed by atoms with van der Waals surface area (Å²) in [6.45, 7) is 3.89. The highest BCUT2D eigenvalue weighted by Gasteiger charge is 2.46. The maximum Gasteiger partial charge on any atom is 0.290 e. The Labute approximate surface area is 146 Å². The fraction of sp³-hybridized carbons (Fsp3) is 0.368. The van der Waals surface area contributed by atoms with E-state index in [0.717, 1.165) is 12.8 Å². The fourth-order valence-corrected chi connectivity index (χ4v) is 3.17. The average molecular weight is 343 g/mol. The fourth-order valence-electron chi connectivity index (χ4n) is 3.17. The van der Waals surface area contributed by atoms with Crippen LogP contribution in [0.3, 0.4) is 0 Å². The van der Waals surface area contributed by atoms with Crippen LogP contribution < -0.4 is 9.47 Å². The smallest absolute Gasteiger partial charge is 0.290 e. The molecule has 2 aliphatic rings. The summed E-state index contributed by atoms with van der Waals surface area (Å²) in [5.74, 6) is -0.222. The molecular weight excluding hydrogens is 322 g/mol. The number of rotatable bonds is 7. The summed E-state index contributed by atoms with van der Waals surface area (Å²) < 4.78 is 10.6. The van der Waals surface area contributed by atoms with Gasteiger partial charge in [-0.05, 0) is 30.5 Å². The van der Waals surface area contributed by atoms with E-state index < -0.39 is 17.7 Å². The van der Waals surface area contributed by atoms with E-state index in [2.05, 4.69) is 6.58 Å². The Kier molecular flexibility index (Phi) is 4.53. The minimum atomic E-state index is -0.654. The van der Waals surface area contributed by atoms with E-state index in [1.807, 2.05) is 0 Å². The van der Waals surface area contributed by atoms with Crippen LogP contribution in [0.25, 0.3) is 0 Å². The second-order valence-electron chi connectivity index (χ2n) is 6.16. The summed E-state index contributed by atoms with van der Waals surface area (Å²) in [6, 6.07) is 4.57. The Balaban J connectivity index is 2.09. The SMILES string of the molecule is C=CCN1C(=O)C(O)=C(C(=O)C2CC2)C1c1ccc(OC)c(OC)c1. The molecule has 1 amide bonds. The summed E-state index contributed by atoms with van der Waals surface area (Å²) in [6.07, 6.45) is 3.16. The van der Waals surface area contributed by atoms with E-state index in [4.69, 9.17) is 9.47 Å². The van der Waals surface area contributed by atoms with Crippen LogP contribution in [-0.4, -0.2) is 42.5 Å². The second-order valence-corrected chi connectivity index (χ2v) is 6.16. The number of carbonyl (C=O) groups is 2. The molecule has 1 aliphatic heterocycles. The van der Waals surface area contributed by atoms with Gasteiger partial charge in [0.1, 0.15) is 0 Å². The first kappa shape index (κ1) is 17.1. The number of hydrogen-bond acceptors (Lipinski definition) is 5. The Morgan fingerprint density at radius 1 is 1.32 bits per heavy atom. The standard InChI is InChI=1S/C19H21NO5/c1-4-9-20-16(12-7-8-13(24-2)14(10-12)25-3)15(18(22)19(20)23)17(21)11-5-6-11/h4,7-8,10-11,16,22H,1,5-6,9H2,2-3H3. The van der Waals surface area contributed by atoms with Crippen LogP contribution in [0.2, 0.25) is 0 Å². The van der Waals surface area contributed by atoms with Crippen LogP contribution in [-0.2, 0) is 9.59 Å². The molecule has 1 heterocycles. The third kappa shape index (κ3) is 2.88. The van der Waals surface area contributed by atoms with Crippen LogP contribution in [0.15, 0.2) is 42.2 Å². The molecule has 1 atom stereocenters. The lowest BCUT2D eigenvalue weighted by Crippen LogP contribution is -2.31. The van der Waals surface area contributed by atoms with Crippen molar-refractivity contribution in [1.82, 2.24) is 4.90 Å². The van der Waals surface area contributed by atoms with Gasteiger partial charge < -0.3 is 19.5 Å². The van der Waals surface area contributed by atoms with Crippen molar-refractivity contribution in [3.05, 3.63) is 47.7 Å². The van der Waals surface area contributed by atoms with E-state index >= 15 is 0 Å². The van der Waals surface area contributed by atoms with Gasteiger partial charge in [0, 0.05) is 12.5 Å². The number of benzene rings is 1. The molecule has 1 aromatic rings. The molecule has 25 heavy (non-hydrogen) atoms. The van der Waals surface area contributed by atoms with Crippen molar-refractivity contribution in [3.63, 3.8) is 0 Å². The number of aliphatic hydroxyl groups is 1. The van der Waals surface area contributed by atoms with Gasteiger partial charge in [-0.1, -0.05) is 12.1 Å². The number of methoxy groups -OCH3 is 2. The predicted molar refractivity (Wildman–Crippen MR) is 91.6 cm³/mol. The van der Waals surface area contributed by atoms with Gasteiger partial charge in [0.05, 0.1) is 25.8 Å². The Hall–Kier alpha value is -2.76. The highest BCUT2D eigenvalue weighted by Crippen LogP contribution is 2.44. The van der Waals surface area contributed by atoms with Gasteiger partial charge in [-0.25, -0.2) is 0 Å². The molecular formula is C19H21NO5. The van der Waals surface area contributed by atoms with Crippen molar-refractivity contribution in [1.29, 1.82) is 0 Å². The van der Waals surface area contributed by atoms with Gasteiger partial charge in [-0.3, -0.25) is 9.59 Å². The number of Topliss-reactive ketones (excluding diaryl/α,β-unsaturated/α-hetero) is 1. The van der Waals surface area contributed by atoms with E-state index in [0.29, 0.717) is 17.1 Å². The molecule has 6 nitrogen and oxygen atoms in total. The quantitative estimate of drug-likeness (QED) is 0.770. The molecule has 0 aromatic heterocycles. The highest BCUT2D eigenvalue weighted by atomic mass is 16.5. The first-order valence-corrected chi connectivity index (χ1v) is 8.14. The second kappa shape index (κ2) is 6.63. The number of hydrogen-bond donors (Lipinski definition) is 1. The molecule has 0 radical (unpaired) electrons. The minimum absolute atomic E-state index is 0.101. The van der Waals surface area contributed by atoms with Crippen LogP contribution >= 0.6 is 0 Å². The van der Waals surface area contributed by atoms with Gasteiger partial charge in [0.2, 0.25) is 0 Å². The van der Waals surface area contributed by atoms with Crippen LogP contribution in [0, 0.1) is 5.92 Å². The topological polar surface area (TPSA) is 76.1 Å². The minimum Gasteiger partial charge on any atom is -0.503 e. The molecule has 0 spiro atoms. The van der Waals surface area contributed by atoms with Crippen molar-refractivity contribution in [3.8, 4) is 11.5 Å². The van der Waals surface area contributed by atoms with Crippen molar-refractivity contribution in [2.24, 2.45) is 5.92 Å². The van der Waals surface area contributed by atoms with Crippen molar-refractivity contribution < 1.29 is 24.2 Å². The lowest BCUT2D eigenvalue weighted by Gasteiger charge is -2.26. The molecule has 1 unspecified atom stereocenters. The zero-order valence-electron chi connectivity index (χ0n) is 14.3. The molecule has 1 N–H and O–H groups in total. The molecule has 0 saturated heterocycles. The van der Waals surface area contributed by atoms with Crippen LogP contribution in [0.5, 0.6) is 11.5 Å². The summed E-state index contributed by atoms with van der Waals surface area (Å²) >= 11 is 0. The van der Waals surface area contributed by atoms with Crippen molar-refractivity contribution >= 4 is 11.7 Å². The number of amides is 1. The molecule has 1 fully saturated rings. The Morgan fingerprint density at radius 3 is 2.56 bits per heavy atom. The number of nitrogens with zero attached hydrogens (tertiary/aromatic N) is 1. The van der Waals surface area contributed by atoms with Gasteiger partial charge >= 0.3 is 0 Å². The molecule has 3 rings (SSSR count). The molecule has 1 saturated carbocycles. The van der Waals surface area contributed by atoms with Gasteiger partial charge in [0.25, 0.3) is 5.91 Å². The third-order valence-corrected chi connectivity index (χ3v) is 4.57. The first-order valence-electron chi connectivity index (χ1n) is 8.14. The first-order chi connectivity index (χ1) is 12.0.